The smallest absolute Gasteiger partial charge is 0.0945 e. The lowest BCUT2D eigenvalue weighted by atomic mass is 10.0. The Bertz CT molecular complexity index is 350. The Morgan fingerprint density at radius 3 is 2.82 bits per heavy atom. The number of hydrazone groups is 1. The fourth-order valence-corrected chi connectivity index (χ4v) is 2.17. The number of rotatable bonds is 5. The summed E-state index contributed by atoms with van der Waals surface area (Å²) in [5.41, 5.74) is 2.32. The van der Waals surface area contributed by atoms with Crippen molar-refractivity contribution in [3.63, 3.8) is 0 Å². The molecule has 0 N–H and O–H groups in total. The van der Waals surface area contributed by atoms with E-state index in [-0.39, 0.29) is 6.04 Å². The molecular weight excluding hydrogens is 210 g/mol. The van der Waals surface area contributed by atoms with Gasteiger partial charge in [0.2, 0.25) is 0 Å². The normalized spacial score (nSPS) is 21.5. The van der Waals surface area contributed by atoms with Crippen LogP contribution in [0.5, 0.6) is 0 Å². The van der Waals surface area contributed by atoms with E-state index in [4.69, 9.17) is 0 Å². The predicted octanol–water partition coefficient (Wildman–Crippen LogP) is 3.40. The fraction of sp³-hybridized carbons (Fsp3) is 0.571. The van der Waals surface area contributed by atoms with Crippen LogP contribution in [-0.2, 0) is 0 Å². The van der Waals surface area contributed by atoms with Crippen LogP contribution in [0.4, 0.5) is 0 Å². The molecule has 0 spiro atoms. The first-order chi connectivity index (χ1) is 8.15. The van der Waals surface area contributed by atoms with E-state index in [1.807, 2.05) is 13.1 Å². The summed E-state index contributed by atoms with van der Waals surface area (Å²) in [5, 5.41) is 6.54. The van der Waals surface area contributed by atoms with Gasteiger partial charge in [0.15, 0.2) is 0 Å². The quantitative estimate of drug-likeness (QED) is 0.528. The molecule has 0 aliphatic carbocycles. The molecule has 3 nitrogen and oxygen atoms in total. The summed E-state index contributed by atoms with van der Waals surface area (Å²) in [7, 11) is 0. The standard InChI is InChI=1S/C14H23N3/c1-6-8-12(7-2)14(15-5)13-9-10-16-17(13)11(3)4/h6,8,10-11,13H,5,7,9H2,1-4H3. The molecule has 0 bridgehead atoms. The number of hydrogen-bond donors (Lipinski definition) is 0. The SMILES string of the molecule is C=NC(=C(C=CC)CC)C1CC=NN1C(C)C. The maximum absolute atomic E-state index is 4.42. The topological polar surface area (TPSA) is 28.0 Å². The molecule has 1 atom stereocenters. The Balaban J connectivity index is 3.06. The van der Waals surface area contributed by atoms with Crippen LogP contribution >= 0.6 is 0 Å². The average molecular weight is 233 g/mol. The van der Waals surface area contributed by atoms with Crippen molar-refractivity contribution in [2.75, 3.05) is 0 Å². The summed E-state index contributed by atoms with van der Waals surface area (Å²) in [4.78, 5) is 4.25. The maximum Gasteiger partial charge on any atom is 0.0945 e. The zero-order valence-corrected chi connectivity index (χ0v) is 11.3. The second-order valence-electron chi connectivity index (χ2n) is 4.45. The Kier molecular flexibility index (Phi) is 5.13. The summed E-state index contributed by atoms with van der Waals surface area (Å²) in [6, 6.07) is 0.637. The minimum absolute atomic E-state index is 0.249. The molecule has 17 heavy (non-hydrogen) atoms. The van der Waals surface area contributed by atoms with E-state index in [1.165, 1.54) is 5.57 Å². The van der Waals surface area contributed by atoms with Gasteiger partial charge in [0.1, 0.15) is 0 Å². The molecule has 0 amide bonds. The lowest BCUT2D eigenvalue weighted by Gasteiger charge is -2.28. The van der Waals surface area contributed by atoms with Crippen LogP contribution < -0.4 is 0 Å². The van der Waals surface area contributed by atoms with E-state index in [1.54, 1.807) is 0 Å². The highest BCUT2D eigenvalue weighted by molar-refractivity contribution is 5.62. The van der Waals surface area contributed by atoms with E-state index in [0.29, 0.717) is 6.04 Å². The van der Waals surface area contributed by atoms with Gasteiger partial charge in [-0.3, -0.25) is 10.0 Å². The molecule has 1 unspecified atom stereocenters. The van der Waals surface area contributed by atoms with Crippen molar-refractivity contribution in [3.05, 3.63) is 23.4 Å². The second kappa shape index (κ2) is 6.38. The molecule has 0 aromatic rings. The summed E-state index contributed by atoms with van der Waals surface area (Å²) in [5.74, 6) is 0. The van der Waals surface area contributed by atoms with Gasteiger partial charge in [0, 0.05) is 18.7 Å². The summed E-state index contributed by atoms with van der Waals surface area (Å²) in [6.07, 6.45) is 8.05. The monoisotopic (exact) mass is 233 g/mol. The van der Waals surface area contributed by atoms with E-state index in [0.717, 1.165) is 18.5 Å². The fourth-order valence-electron chi connectivity index (χ4n) is 2.17. The Labute approximate surface area is 105 Å². The molecular formula is C14H23N3. The first-order valence-electron chi connectivity index (χ1n) is 6.28. The highest BCUT2D eigenvalue weighted by atomic mass is 15.5. The van der Waals surface area contributed by atoms with Gasteiger partial charge in [-0.25, -0.2) is 0 Å². The van der Waals surface area contributed by atoms with Gasteiger partial charge in [-0.2, -0.15) is 5.10 Å². The predicted molar refractivity (Wildman–Crippen MR) is 75.6 cm³/mol. The third-order valence-corrected chi connectivity index (χ3v) is 2.96. The maximum atomic E-state index is 4.42. The largest absolute Gasteiger partial charge is 0.285 e. The highest BCUT2D eigenvalue weighted by Gasteiger charge is 2.27. The highest BCUT2D eigenvalue weighted by Crippen LogP contribution is 2.26. The Morgan fingerprint density at radius 2 is 2.35 bits per heavy atom. The van der Waals surface area contributed by atoms with E-state index in [2.05, 4.69) is 54.7 Å². The molecule has 1 aliphatic rings. The summed E-state index contributed by atoms with van der Waals surface area (Å²) < 4.78 is 0. The molecule has 1 aliphatic heterocycles. The van der Waals surface area contributed by atoms with Crippen LogP contribution in [0.15, 0.2) is 33.5 Å². The van der Waals surface area contributed by atoms with Crippen molar-refractivity contribution in [2.24, 2.45) is 10.1 Å². The van der Waals surface area contributed by atoms with Crippen LogP contribution in [0, 0.1) is 0 Å². The molecule has 0 aromatic heterocycles. The second-order valence-corrected chi connectivity index (χ2v) is 4.45. The van der Waals surface area contributed by atoms with Crippen molar-refractivity contribution >= 4 is 12.9 Å². The number of hydrogen-bond acceptors (Lipinski definition) is 3. The molecule has 94 valence electrons. The van der Waals surface area contributed by atoms with Gasteiger partial charge in [0.05, 0.1) is 11.7 Å². The van der Waals surface area contributed by atoms with Crippen molar-refractivity contribution in [3.8, 4) is 0 Å². The lowest BCUT2D eigenvalue weighted by molar-refractivity contribution is 0.204. The lowest BCUT2D eigenvalue weighted by Crippen LogP contribution is -2.34. The molecule has 0 radical (unpaired) electrons. The minimum atomic E-state index is 0.249. The number of aliphatic imine (C=N–C) groups is 1. The Hall–Kier alpha value is -1.38. The third-order valence-electron chi connectivity index (χ3n) is 2.96. The van der Waals surface area contributed by atoms with Crippen LogP contribution in [0.3, 0.4) is 0 Å². The van der Waals surface area contributed by atoms with Gasteiger partial charge >= 0.3 is 0 Å². The zero-order chi connectivity index (χ0) is 12.8. The van der Waals surface area contributed by atoms with Crippen molar-refractivity contribution < 1.29 is 0 Å². The van der Waals surface area contributed by atoms with Crippen LogP contribution in [0.1, 0.15) is 40.5 Å². The van der Waals surface area contributed by atoms with Crippen LogP contribution in [0.2, 0.25) is 0 Å². The first kappa shape index (κ1) is 13.7. The molecule has 3 heteroatoms. The van der Waals surface area contributed by atoms with E-state index >= 15 is 0 Å². The third kappa shape index (κ3) is 3.05. The van der Waals surface area contributed by atoms with Crippen molar-refractivity contribution in [1.82, 2.24) is 5.01 Å². The van der Waals surface area contributed by atoms with Crippen LogP contribution in [0.25, 0.3) is 0 Å². The van der Waals surface area contributed by atoms with Crippen molar-refractivity contribution in [1.29, 1.82) is 0 Å². The molecule has 0 saturated carbocycles. The minimum Gasteiger partial charge on any atom is -0.285 e. The molecule has 0 fully saturated rings. The van der Waals surface area contributed by atoms with E-state index in [9.17, 15) is 0 Å². The average Bonchev–Trinajstić information content (AvgIpc) is 2.78. The van der Waals surface area contributed by atoms with Crippen molar-refractivity contribution in [2.45, 2.75) is 52.6 Å². The molecule has 0 aromatic carbocycles. The van der Waals surface area contributed by atoms with Gasteiger partial charge < -0.3 is 0 Å². The van der Waals surface area contributed by atoms with Gasteiger partial charge in [-0.15, -0.1) is 0 Å². The van der Waals surface area contributed by atoms with Gasteiger partial charge in [0.25, 0.3) is 0 Å². The first-order valence-corrected chi connectivity index (χ1v) is 6.28. The summed E-state index contributed by atoms with van der Waals surface area (Å²) in [6.45, 7) is 12.2. The summed E-state index contributed by atoms with van der Waals surface area (Å²) >= 11 is 0. The molecule has 0 saturated heterocycles. The molecule has 1 heterocycles. The van der Waals surface area contributed by atoms with Gasteiger partial charge in [-0.05, 0) is 39.5 Å². The van der Waals surface area contributed by atoms with E-state index < -0.39 is 0 Å². The number of allylic oxidation sites excluding steroid dienone is 3. The Morgan fingerprint density at radius 1 is 1.65 bits per heavy atom. The van der Waals surface area contributed by atoms with Crippen LogP contribution in [-0.4, -0.2) is 30.0 Å². The number of nitrogens with zero attached hydrogens (tertiary/aromatic N) is 3. The van der Waals surface area contributed by atoms with Gasteiger partial charge in [-0.1, -0.05) is 19.1 Å². The zero-order valence-electron chi connectivity index (χ0n) is 11.3. The molecule has 1 rings (SSSR count).